The normalized spacial score (nSPS) is 13.8. The lowest BCUT2D eigenvalue weighted by Gasteiger charge is -2.41. The van der Waals surface area contributed by atoms with Gasteiger partial charge in [-0.15, -0.1) is 0 Å². The van der Waals surface area contributed by atoms with Gasteiger partial charge >= 0.3 is 0 Å². The van der Waals surface area contributed by atoms with Crippen molar-refractivity contribution < 1.29 is 4.39 Å². The van der Waals surface area contributed by atoms with Crippen LogP contribution in [0.5, 0.6) is 0 Å². The molecule has 0 heterocycles. The van der Waals surface area contributed by atoms with Gasteiger partial charge in [-0.25, -0.2) is 4.39 Å². The van der Waals surface area contributed by atoms with E-state index in [1.165, 1.54) is 0 Å². The average molecular weight is 301 g/mol. The first-order valence-corrected chi connectivity index (χ1v) is 7.52. The molecule has 4 heteroatoms. The summed E-state index contributed by atoms with van der Waals surface area (Å²) in [6.45, 7) is 7.39. The second-order valence-electron chi connectivity index (χ2n) is 5.97. The Hall–Kier alpha value is -0.640. The molecule has 1 aromatic carbocycles. The molecule has 114 valence electrons. The Kier molecular flexibility index (Phi) is 6.44. The first kappa shape index (κ1) is 17.4. The quantitative estimate of drug-likeness (QED) is 0.825. The highest BCUT2D eigenvalue weighted by molar-refractivity contribution is 6.30. The van der Waals surface area contributed by atoms with Gasteiger partial charge in [0.05, 0.1) is 5.02 Å². The maximum Gasteiger partial charge on any atom is 0.145 e. The maximum atomic E-state index is 14.1. The lowest BCUT2D eigenvalue weighted by atomic mass is 9.88. The molecule has 1 atom stereocenters. The van der Waals surface area contributed by atoms with E-state index < -0.39 is 0 Å². The highest BCUT2D eigenvalue weighted by Crippen LogP contribution is 2.24. The molecule has 1 rings (SSSR count). The minimum Gasteiger partial charge on any atom is -0.312 e. The fourth-order valence-electron chi connectivity index (χ4n) is 2.13. The van der Waals surface area contributed by atoms with Crippen molar-refractivity contribution in [1.29, 1.82) is 0 Å². The standard InChI is InChI=1S/C16H26ClFN2/c1-6-10-19-14(16(2,3)20(4)5)11-12-8-7-9-13(17)15(12)18/h7-9,14,19H,6,10-11H2,1-5H3. The van der Waals surface area contributed by atoms with Gasteiger partial charge < -0.3 is 10.2 Å². The molecule has 0 aromatic heterocycles. The summed E-state index contributed by atoms with van der Waals surface area (Å²) in [6.07, 6.45) is 1.68. The molecule has 1 N–H and O–H groups in total. The molecule has 20 heavy (non-hydrogen) atoms. The summed E-state index contributed by atoms with van der Waals surface area (Å²) >= 11 is 5.87. The number of nitrogens with zero attached hydrogens (tertiary/aromatic N) is 1. The van der Waals surface area contributed by atoms with Crippen LogP contribution in [0.25, 0.3) is 0 Å². The molecule has 0 amide bonds. The molecule has 0 saturated carbocycles. The van der Waals surface area contributed by atoms with Gasteiger partial charge in [-0.2, -0.15) is 0 Å². The molecule has 0 spiro atoms. The summed E-state index contributed by atoms with van der Waals surface area (Å²) in [7, 11) is 4.10. The Morgan fingerprint density at radius 1 is 1.35 bits per heavy atom. The largest absolute Gasteiger partial charge is 0.312 e. The predicted octanol–water partition coefficient (Wildman–Crippen LogP) is 3.73. The van der Waals surface area contributed by atoms with E-state index in [2.05, 4.69) is 45.1 Å². The molecule has 0 aliphatic rings. The number of halogens is 2. The Labute approximate surface area is 127 Å². The van der Waals surface area contributed by atoms with Crippen LogP contribution in [0.4, 0.5) is 4.39 Å². The lowest BCUT2D eigenvalue weighted by Crippen LogP contribution is -2.56. The predicted molar refractivity (Wildman–Crippen MR) is 85.0 cm³/mol. The summed E-state index contributed by atoms with van der Waals surface area (Å²) in [5, 5.41) is 3.73. The highest BCUT2D eigenvalue weighted by Gasteiger charge is 2.31. The molecule has 0 aliphatic heterocycles. The van der Waals surface area contributed by atoms with Gasteiger partial charge in [0, 0.05) is 11.6 Å². The molecule has 0 aliphatic carbocycles. The second kappa shape index (κ2) is 7.39. The third-order valence-electron chi connectivity index (χ3n) is 4.10. The van der Waals surface area contributed by atoms with Gasteiger partial charge in [-0.3, -0.25) is 0 Å². The van der Waals surface area contributed by atoms with Crippen molar-refractivity contribution in [3.63, 3.8) is 0 Å². The van der Waals surface area contributed by atoms with Crippen molar-refractivity contribution in [2.24, 2.45) is 0 Å². The van der Waals surface area contributed by atoms with Crippen molar-refractivity contribution in [2.45, 2.75) is 45.2 Å². The van der Waals surface area contributed by atoms with Crippen LogP contribution in [0.1, 0.15) is 32.8 Å². The van der Waals surface area contributed by atoms with E-state index in [0.717, 1.165) is 13.0 Å². The number of hydrogen-bond donors (Lipinski definition) is 1. The number of rotatable bonds is 7. The van der Waals surface area contributed by atoms with Gasteiger partial charge in [0.25, 0.3) is 0 Å². The smallest absolute Gasteiger partial charge is 0.145 e. The van der Waals surface area contributed by atoms with Crippen molar-refractivity contribution in [3.8, 4) is 0 Å². The zero-order valence-electron chi connectivity index (χ0n) is 13.1. The summed E-state index contributed by atoms with van der Waals surface area (Å²) in [5.74, 6) is -0.299. The average Bonchev–Trinajstić information content (AvgIpc) is 2.38. The van der Waals surface area contributed by atoms with Crippen molar-refractivity contribution in [1.82, 2.24) is 10.2 Å². The van der Waals surface area contributed by atoms with E-state index in [9.17, 15) is 4.39 Å². The Bertz CT molecular complexity index is 432. The maximum absolute atomic E-state index is 14.1. The summed E-state index contributed by atoms with van der Waals surface area (Å²) in [6, 6.07) is 5.37. The fraction of sp³-hybridized carbons (Fsp3) is 0.625. The van der Waals surface area contributed by atoms with Crippen LogP contribution in [0.3, 0.4) is 0 Å². The van der Waals surface area contributed by atoms with Crippen LogP contribution in [-0.4, -0.2) is 37.1 Å². The Morgan fingerprint density at radius 3 is 2.55 bits per heavy atom. The zero-order valence-corrected chi connectivity index (χ0v) is 13.9. The molecule has 1 aromatic rings. The summed E-state index contributed by atoms with van der Waals surface area (Å²) < 4.78 is 14.1. The molecule has 2 nitrogen and oxygen atoms in total. The minimum atomic E-state index is -0.299. The van der Waals surface area contributed by atoms with E-state index in [1.807, 2.05) is 6.07 Å². The van der Waals surface area contributed by atoms with E-state index in [1.54, 1.807) is 12.1 Å². The van der Waals surface area contributed by atoms with Gasteiger partial charge in [-0.1, -0.05) is 30.7 Å². The SMILES string of the molecule is CCCNC(Cc1cccc(Cl)c1F)C(C)(C)N(C)C. The van der Waals surface area contributed by atoms with E-state index in [4.69, 9.17) is 11.6 Å². The summed E-state index contributed by atoms with van der Waals surface area (Å²) in [5.41, 5.74) is 0.588. The van der Waals surface area contributed by atoms with Crippen LogP contribution < -0.4 is 5.32 Å². The van der Waals surface area contributed by atoms with Crippen LogP contribution in [0, 0.1) is 5.82 Å². The Morgan fingerprint density at radius 2 is 2.00 bits per heavy atom. The molecule has 0 saturated heterocycles. The van der Waals surface area contributed by atoms with Crippen LogP contribution in [0.2, 0.25) is 5.02 Å². The van der Waals surface area contributed by atoms with E-state index in [0.29, 0.717) is 12.0 Å². The third kappa shape index (κ3) is 4.18. The van der Waals surface area contributed by atoms with Crippen LogP contribution in [-0.2, 0) is 6.42 Å². The minimum absolute atomic E-state index is 0.0794. The van der Waals surface area contributed by atoms with E-state index >= 15 is 0 Å². The first-order valence-electron chi connectivity index (χ1n) is 7.14. The summed E-state index contributed by atoms with van der Waals surface area (Å²) in [4.78, 5) is 2.17. The highest BCUT2D eigenvalue weighted by atomic mass is 35.5. The monoisotopic (exact) mass is 300 g/mol. The second-order valence-corrected chi connectivity index (χ2v) is 6.38. The fourth-order valence-corrected chi connectivity index (χ4v) is 2.32. The van der Waals surface area contributed by atoms with Crippen molar-refractivity contribution in [3.05, 3.63) is 34.6 Å². The molecule has 0 bridgehead atoms. The lowest BCUT2D eigenvalue weighted by molar-refractivity contribution is 0.136. The molecule has 0 radical (unpaired) electrons. The van der Waals surface area contributed by atoms with Gasteiger partial charge in [0.2, 0.25) is 0 Å². The Balaban J connectivity index is 2.98. The first-order chi connectivity index (χ1) is 9.30. The molecule has 1 unspecified atom stereocenters. The molecular formula is C16H26ClFN2. The zero-order chi connectivity index (χ0) is 15.3. The van der Waals surface area contributed by atoms with Crippen molar-refractivity contribution in [2.75, 3.05) is 20.6 Å². The topological polar surface area (TPSA) is 15.3 Å². The van der Waals surface area contributed by atoms with Gasteiger partial charge in [-0.05, 0) is 59.0 Å². The number of nitrogens with one attached hydrogen (secondary N) is 1. The van der Waals surface area contributed by atoms with Gasteiger partial charge in [0.1, 0.15) is 5.82 Å². The number of benzene rings is 1. The van der Waals surface area contributed by atoms with Crippen LogP contribution >= 0.6 is 11.6 Å². The van der Waals surface area contributed by atoms with E-state index in [-0.39, 0.29) is 22.4 Å². The van der Waals surface area contributed by atoms with Crippen LogP contribution in [0.15, 0.2) is 18.2 Å². The third-order valence-corrected chi connectivity index (χ3v) is 4.39. The van der Waals surface area contributed by atoms with Crippen molar-refractivity contribution >= 4 is 11.6 Å². The molecule has 0 fully saturated rings. The molecular weight excluding hydrogens is 275 g/mol. The number of hydrogen-bond acceptors (Lipinski definition) is 2. The van der Waals surface area contributed by atoms with Gasteiger partial charge in [0.15, 0.2) is 0 Å². The number of likely N-dealkylation sites (N-methyl/N-ethyl adjacent to an activating group) is 1.